The summed E-state index contributed by atoms with van der Waals surface area (Å²) in [6, 6.07) is 32.6. The number of imide groups is 2. The van der Waals surface area contributed by atoms with Crippen molar-refractivity contribution in [1.29, 1.82) is 0 Å². The number of para-hydroxylation sites is 1. The minimum Gasteiger partial charge on any atom is -0.507 e. The van der Waals surface area contributed by atoms with Crippen LogP contribution in [0.4, 0.5) is 5.69 Å². The average Bonchev–Trinajstić information content (AvgIpc) is 3.58. The highest BCUT2D eigenvalue weighted by molar-refractivity contribution is 6.13. The number of piperidine rings is 1. The van der Waals surface area contributed by atoms with Crippen molar-refractivity contribution in [3.05, 3.63) is 143 Å². The Morgan fingerprint density at radius 3 is 2.16 bits per heavy atom. The van der Waals surface area contributed by atoms with Crippen LogP contribution in [-0.2, 0) is 31.1 Å². The van der Waals surface area contributed by atoms with Gasteiger partial charge in [-0.3, -0.25) is 34.4 Å². The number of likely N-dealkylation sites (tertiary alicyclic amines) is 2. The van der Waals surface area contributed by atoms with Gasteiger partial charge in [-0.25, -0.2) is 0 Å². The van der Waals surface area contributed by atoms with Crippen LogP contribution < -0.4 is 5.43 Å². The van der Waals surface area contributed by atoms with Crippen LogP contribution in [0.3, 0.4) is 0 Å². The maximum Gasteiger partial charge on any atom is 0.260 e. The smallest absolute Gasteiger partial charge is 0.260 e. The summed E-state index contributed by atoms with van der Waals surface area (Å²) in [6.07, 6.45) is 4.06. The fourth-order valence-corrected chi connectivity index (χ4v) is 10.6. The van der Waals surface area contributed by atoms with Crippen molar-refractivity contribution in [2.24, 2.45) is 23.7 Å². The minimum absolute atomic E-state index is 0.0631. The molecule has 3 saturated heterocycles. The maximum atomic E-state index is 15.3. The van der Waals surface area contributed by atoms with Crippen LogP contribution in [-0.4, -0.2) is 62.7 Å². The Kier molecular flexibility index (Phi) is 8.72. The average molecular weight is 735 g/mol. The van der Waals surface area contributed by atoms with Crippen LogP contribution in [0.2, 0.25) is 0 Å². The Hall–Kier alpha value is -5.54. The van der Waals surface area contributed by atoms with E-state index >= 15 is 4.79 Å². The summed E-state index contributed by atoms with van der Waals surface area (Å²) in [7, 11) is 0. The topological polar surface area (TPSA) is 110 Å². The number of benzene rings is 4. The first-order valence-electron chi connectivity index (χ1n) is 19.6. The van der Waals surface area contributed by atoms with Gasteiger partial charge in [0.2, 0.25) is 11.8 Å². The van der Waals surface area contributed by atoms with E-state index in [9.17, 15) is 19.5 Å². The molecule has 4 aromatic carbocycles. The predicted octanol–water partition coefficient (Wildman–Crippen LogP) is 6.66. The molecule has 9 nitrogen and oxygen atoms in total. The molecule has 3 aliphatic heterocycles. The number of phenols is 1. The lowest BCUT2D eigenvalue weighted by atomic mass is 9.49. The second kappa shape index (κ2) is 13.6. The molecular formula is C46H46N4O5. The highest BCUT2D eigenvalue weighted by atomic mass is 16.3. The number of carbonyl (C=O) groups excluding carboxylic acids is 4. The third-order valence-electron chi connectivity index (χ3n) is 13.2. The zero-order valence-electron chi connectivity index (χ0n) is 31.2. The number of aryl methyl sites for hydroxylation is 2. The van der Waals surface area contributed by atoms with Crippen molar-refractivity contribution in [1.82, 2.24) is 14.8 Å². The number of amides is 4. The van der Waals surface area contributed by atoms with Gasteiger partial charge in [0.05, 0.1) is 28.9 Å². The van der Waals surface area contributed by atoms with Gasteiger partial charge in [0.15, 0.2) is 0 Å². The van der Waals surface area contributed by atoms with E-state index in [0.717, 1.165) is 35.8 Å². The van der Waals surface area contributed by atoms with Crippen molar-refractivity contribution in [3.8, 4) is 5.75 Å². The first-order valence-corrected chi connectivity index (χ1v) is 19.6. The number of rotatable bonds is 7. The molecule has 280 valence electrons. The zero-order chi connectivity index (χ0) is 38.0. The summed E-state index contributed by atoms with van der Waals surface area (Å²) in [6.45, 7) is 6.20. The number of carbonyl (C=O) groups is 4. The number of hydrogen-bond donors (Lipinski definition) is 2. The quantitative estimate of drug-likeness (QED) is 0.162. The molecule has 1 saturated carbocycles. The number of anilines is 1. The van der Waals surface area contributed by atoms with Crippen LogP contribution in [0.15, 0.2) is 115 Å². The highest BCUT2D eigenvalue weighted by Gasteiger charge is 2.70. The summed E-state index contributed by atoms with van der Waals surface area (Å²) < 4.78 is 0. The normalized spacial score (nSPS) is 28.2. The number of aromatic hydroxyl groups is 1. The van der Waals surface area contributed by atoms with Gasteiger partial charge in [-0.1, -0.05) is 108 Å². The second-order valence-corrected chi connectivity index (χ2v) is 16.1. The van der Waals surface area contributed by atoms with E-state index < -0.39 is 40.9 Å². The Morgan fingerprint density at radius 1 is 0.764 bits per heavy atom. The van der Waals surface area contributed by atoms with Crippen molar-refractivity contribution in [2.45, 2.75) is 63.5 Å². The SMILES string of the molecule is Cc1ccc(NN2C(=O)C3CC4C(=CCC5C(=O)N(C6CCN(Cc7ccccc7)CC6)C(=O)C54)C(c4cccc(C)c4O)C3(c3ccccc3)C2=O)cc1. The number of nitrogens with zero attached hydrogens (tertiary/aromatic N) is 3. The Morgan fingerprint density at radius 2 is 1.45 bits per heavy atom. The van der Waals surface area contributed by atoms with Crippen LogP contribution in [0.1, 0.15) is 59.4 Å². The Labute approximate surface area is 321 Å². The second-order valence-electron chi connectivity index (χ2n) is 16.1. The van der Waals surface area contributed by atoms with Gasteiger partial charge in [-0.05, 0) is 74.3 Å². The molecule has 9 rings (SSSR count). The molecule has 2 aliphatic carbocycles. The van der Waals surface area contributed by atoms with Crippen LogP contribution >= 0.6 is 0 Å². The molecule has 4 aromatic rings. The lowest BCUT2D eigenvalue weighted by Crippen LogP contribution is -2.53. The van der Waals surface area contributed by atoms with Gasteiger partial charge in [-0.15, -0.1) is 0 Å². The molecule has 0 radical (unpaired) electrons. The zero-order valence-corrected chi connectivity index (χ0v) is 31.2. The summed E-state index contributed by atoms with van der Waals surface area (Å²) >= 11 is 0. The molecule has 55 heavy (non-hydrogen) atoms. The fourth-order valence-electron chi connectivity index (χ4n) is 10.6. The molecule has 2 N–H and O–H groups in total. The predicted molar refractivity (Wildman–Crippen MR) is 208 cm³/mol. The van der Waals surface area contributed by atoms with E-state index in [-0.39, 0.29) is 35.9 Å². The molecule has 6 atom stereocenters. The molecule has 0 aromatic heterocycles. The maximum absolute atomic E-state index is 15.3. The summed E-state index contributed by atoms with van der Waals surface area (Å²) in [5.74, 6) is -4.31. The van der Waals surface area contributed by atoms with Gasteiger partial charge in [-0.2, -0.15) is 5.01 Å². The standard InChI is InChI=1S/C46H46N4O5/c1-28-16-18-32(19-17-28)47-50-43(53)38-26-37-34(40(36-15-9-10-29(2)41(36)51)46(38,45(50)55)31-13-7-4-8-14-31)20-21-35-39(37)44(54)49(42(35)52)33-22-24-48(25-23-33)27-30-11-5-3-6-12-30/h3-20,33,35,37-40,47,51H,21-27H2,1-2H3. The van der Waals surface area contributed by atoms with Crippen LogP contribution in [0, 0.1) is 37.5 Å². The number of nitrogens with one attached hydrogen (secondary N) is 1. The third kappa shape index (κ3) is 5.54. The Bertz CT molecular complexity index is 2200. The lowest BCUT2D eigenvalue weighted by Gasteiger charge is -2.50. The van der Waals surface area contributed by atoms with E-state index in [1.807, 2.05) is 105 Å². The van der Waals surface area contributed by atoms with Gasteiger partial charge >= 0.3 is 0 Å². The Balaban J connectivity index is 1.11. The van der Waals surface area contributed by atoms with Gasteiger partial charge in [0.1, 0.15) is 5.75 Å². The van der Waals surface area contributed by atoms with E-state index in [0.29, 0.717) is 41.6 Å². The third-order valence-corrected chi connectivity index (χ3v) is 13.2. The fraction of sp³-hybridized carbons (Fsp3) is 0.348. The molecule has 0 bridgehead atoms. The molecular weight excluding hydrogens is 689 g/mol. The van der Waals surface area contributed by atoms with Crippen molar-refractivity contribution in [2.75, 3.05) is 18.5 Å². The minimum atomic E-state index is -1.42. The highest BCUT2D eigenvalue weighted by Crippen LogP contribution is 2.65. The number of phenolic OH excluding ortho intramolecular Hbond substituents is 1. The van der Waals surface area contributed by atoms with E-state index in [1.54, 1.807) is 4.90 Å². The monoisotopic (exact) mass is 734 g/mol. The molecule has 4 amide bonds. The van der Waals surface area contributed by atoms with Crippen LogP contribution in [0.5, 0.6) is 5.75 Å². The van der Waals surface area contributed by atoms with E-state index in [4.69, 9.17) is 0 Å². The lowest BCUT2D eigenvalue weighted by molar-refractivity contribution is -0.144. The van der Waals surface area contributed by atoms with Crippen LogP contribution in [0.25, 0.3) is 0 Å². The summed E-state index contributed by atoms with van der Waals surface area (Å²) in [5, 5.41) is 13.0. The number of allylic oxidation sites excluding steroid dienone is 2. The van der Waals surface area contributed by atoms with E-state index in [1.165, 1.54) is 5.56 Å². The number of hydrazine groups is 1. The first-order chi connectivity index (χ1) is 26.7. The molecule has 4 fully saturated rings. The number of fused-ring (bicyclic) bond motifs is 4. The largest absolute Gasteiger partial charge is 0.507 e. The van der Waals surface area contributed by atoms with Crippen molar-refractivity contribution < 1.29 is 24.3 Å². The number of hydrogen-bond acceptors (Lipinski definition) is 7. The van der Waals surface area contributed by atoms with Crippen molar-refractivity contribution in [3.63, 3.8) is 0 Å². The van der Waals surface area contributed by atoms with Gasteiger partial charge < -0.3 is 5.11 Å². The molecule has 5 aliphatic rings. The molecule has 6 unspecified atom stereocenters. The summed E-state index contributed by atoms with van der Waals surface area (Å²) in [5.41, 5.74) is 7.33. The van der Waals surface area contributed by atoms with Crippen molar-refractivity contribution >= 4 is 29.3 Å². The van der Waals surface area contributed by atoms with E-state index in [2.05, 4.69) is 28.5 Å². The molecule has 3 heterocycles. The molecule has 9 heteroatoms. The first kappa shape index (κ1) is 35.2. The molecule has 0 spiro atoms. The van der Waals surface area contributed by atoms with Gasteiger partial charge in [0, 0.05) is 37.2 Å². The summed E-state index contributed by atoms with van der Waals surface area (Å²) in [4.78, 5) is 63.3. The van der Waals surface area contributed by atoms with Gasteiger partial charge in [0.25, 0.3) is 11.8 Å².